The van der Waals surface area contributed by atoms with E-state index in [2.05, 4.69) is 0 Å². The van der Waals surface area contributed by atoms with Gasteiger partial charge < -0.3 is 15.6 Å². The number of carboxylic acids is 1. The zero-order valence-electron chi connectivity index (χ0n) is 13.6. The number of nitrogens with two attached hydrogens (primary N) is 1. The van der Waals surface area contributed by atoms with Gasteiger partial charge in [-0.15, -0.1) is 0 Å². The fraction of sp³-hybridized carbons (Fsp3) is 0.0952. The highest BCUT2D eigenvalue weighted by atomic mass is 16.5. The van der Waals surface area contributed by atoms with Gasteiger partial charge in [0.1, 0.15) is 11.5 Å². The standard InChI is InChI=1S/C21H19NO3/c22-17-11-9-16(10-12-17)20(21(23)24)14-15-5-4-8-19(13-15)25-18-6-2-1-3-7-18/h1-13,20H,14,22H2,(H,23,24). The highest BCUT2D eigenvalue weighted by molar-refractivity contribution is 5.76. The lowest BCUT2D eigenvalue weighted by Gasteiger charge is -2.14. The Bertz CT molecular complexity index is 845. The Morgan fingerprint density at radius 2 is 1.60 bits per heavy atom. The van der Waals surface area contributed by atoms with E-state index in [0.29, 0.717) is 17.9 Å². The molecule has 0 saturated heterocycles. The van der Waals surface area contributed by atoms with Gasteiger partial charge in [0.25, 0.3) is 0 Å². The van der Waals surface area contributed by atoms with Gasteiger partial charge in [0, 0.05) is 5.69 Å². The van der Waals surface area contributed by atoms with Gasteiger partial charge in [-0.25, -0.2) is 0 Å². The van der Waals surface area contributed by atoms with Crippen molar-refractivity contribution >= 4 is 11.7 Å². The summed E-state index contributed by atoms with van der Waals surface area (Å²) in [6, 6.07) is 24.0. The number of aliphatic carboxylic acids is 1. The molecule has 3 rings (SSSR count). The summed E-state index contributed by atoms with van der Waals surface area (Å²) in [5.74, 6) is -0.0650. The van der Waals surface area contributed by atoms with Gasteiger partial charge in [0.2, 0.25) is 0 Å². The molecular weight excluding hydrogens is 314 g/mol. The third kappa shape index (κ3) is 4.38. The Kier molecular flexibility index (Phi) is 5.00. The number of para-hydroxylation sites is 1. The predicted octanol–water partition coefficient (Wildman–Crippen LogP) is 4.47. The predicted molar refractivity (Wildman–Crippen MR) is 97.9 cm³/mol. The topological polar surface area (TPSA) is 72.5 Å². The zero-order valence-corrected chi connectivity index (χ0v) is 13.6. The Hall–Kier alpha value is -3.27. The minimum atomic E-state index is -0.862. The molecule has 0 aliphatic heterocycles. The SMILES string of the molecule is Nc1ccc(C(Cc2cccc(Oc3ccccc3)c2)C(=O)O)cc1. The number of ether oxygens (including phenoxy) is 1. The maximum absolute atomic E-state index is 11.7. The summed E-state index contributed by atoms with van der Waals surface area (Å²) in [4.78, 5) is 11.7. The molecule has 126 valence electrons. The third-order valence-electron chi connectivity index (χ3n) is 3.95. The van der Waals surface area contributed by atoms with Crippen LogP contribution in [0, 0.1) is 0 Å². The highest BCUT2D eigenvalue weighted by Crippen LogP contribution is 2.26. The Morgan fingerprint density at radius 3 is 2.28 bits per heavy atom. The Balaban J connectivity index is 1.79. The second-order valence-corrected chi connectivity index (χ2v) is 5.82. The second-order valence-electron chi connectivity index (χ2n) is 5.82. The van der Waals surface area contributed by atoms with Gasteiger partial charge in [0.15, 0.2) is 0 Å². The van der Waals surface area contributed by atoms with Crippen LogP contribution in [0.25, 0.3) is 0 Å². The molecule has 4 nitrogen and oxygen atoms in total. The number of hydrogen-bond donors (Lipinski definition) is 2. The molecule has 0 fully saturated rings. The first-order valence-corrected chi connectivity index (χ1v) is 8.02. The molecule has 0 aliphatic carbocycles. The number of hydrogen-bond acceptors (Lipinski definition) is 3. The lowest BCUT2D eigenvalue weighted by atomic mass is 9.92. The Morgan fingerprint density at radius 1 is 0.920 bits per heavy atom. The van der Waals surface area contributed by atoms with E-state index in [4.69, 9.17) is 10.5 Å². The van der Waals surface area contributed by atoms with Gasteiger partial charge in [-0.05, 0) is 53.9 Å². The maximum atomic E-state index is 11.7. The summed E-state index contributed by atoms with van der Waals surface area (Å²) in [6.45, 7) is 0. The van der Waals surface area contributed by atoms with Crippen molar-refractivity contribution in [1.29, 1.82) is 0 Å². The monoisotopic (exact) mass is 333 g/mol. The largest absolute Gasteiger partial charge is 0.481 e. The number of carboxylic acid groups (broad SMARTS) is 1. The van der Waals surface area contributed by atoms with Crippen molar-refractivity contribution in [3.8, 4) is 11.5 Å². The fourth-order valence-corrected chi connectivity index (χ4v) is 2.67. The number of carbonyl (C=O) groups is 1. The van der Waals surface area contributed by atoms with Crippen molar-refractivity contribution in [2.75, 3.05) is 5.73 Å². The van der Waals surface area contributed by atoms with Gasteiger partial charge >= 0.3 is 5.97 Å². The minimum Gasteiger partial charge on any atom is -0.481 e. The molecule has 3 aromatic rings. The van der Waals surface area contributed by atoms with E-state index in [0.717, 1.165) is 16.9 Å². The molecule has 0 bridgehead atoms. The molecule has 0 aliphatic rings. The molecule has 3 aromatic carbocycles. The minimum absolute atomic E-state index is 0.380. The summed E-state index contributed by atoms with van der Waals surface area (Å²) in [5.41, 5.74) is 7.93. The van der Waals surface area contributed by atoms with Crippen molar-refractivity contribution in [3.05, 3.63) is 90.0 Å². The first-order chi connectivity index (χ1) is 12.1. The van der Waals surface area contributed by atoms with Crippen LogP contribution in [0.1, 0.15) is 17.0 Å². The van der Waals surface area contributed by atoms with Crippen LogP contribution in [0.2, 0.25) is 0 Å². The summed E-state index contributed by atoms with van der Waals surface area (Å²) in [5, 5.41) is 9.60. The number of nitrogen functional groups attached to an aromatic ring is 1. The molecule has 0 saturated carbocycles. The van der Waals surface area contributed by atoms with E-state index in [9.17, 15) is 9.90 Å². The van der Waals surface area contributed by atoms with Crippen molar-refractivity contribution in [2.45, 2.75) is 12.3 Å². The molecule has 4 heteroatoms. The first-order valence-electron chi connectivity index (χ1n) is 8.02. The normalized spacial score (nSPS) is 11.7. The summed E-state index contributed by atoms with van der Waals surface area (Å²) < 4.78 is 5.82. The van der Waals surface area contributed by atoms with E-state index in [-0.39, 0.29) is 0 Å². The fourth-order valence-electron chi connectivity index (χ4n) is 2.67. The van der Waals surface area contributed by atoms with Gasteiger partial charge in [-0.1, -0.05) is 42.5 Å². The average Bonchev–Trinajstić information content (AvgIpc) is 2.62. The van der Waals surface area contributed by atoms with Crippen LogP contribution in [0.15, 0.2) is 78.9 Å². The molecule has 0 radical (unpaired) electrons. The van der Waals surface area contributed by atoms with Crippen LogP contribution in [0.4, 0.5) is 5.69 Å². The van der Waals surface area contributed by atoms with Crippen molar-refractivity contribution in [3.63, 3.8) is 0 Å². The summed E-state index contributed by atoms with van der Waals surface area (Å²) in [7, 11) is 0. The molecule has 1 atom stereocenters. The van der Waals surface area contributed by atoms with Gasteiger partial charge in [0.05, 0.1) is 5.92 Å². The molecule has 0 amide bonds. The quantitative estimate of drug-likeness (QED) is 0.653. The number of anilines is 1. The molecule has 25 heavy (non-hydrogen) atoms. The van der Waals surface area contributed by atoms with E-state index in [1.165, 1.54) is 0 Å². The molecular formula is C21H19NO3. The van der Waals surface area contributed by atoms with E-state index in [1.54, 1.807) is 24.3 Å². The summed E-state index contributed by atoms with van der Waals surface area (Å²) in [6.07, 6.45) is 0.380. The maximum Gasteiger partial charge on any atom is 0.311 e. The number of benzene rings is 3. The molecule has 0 heterocycles. The number of rotatable bonds is 6. The first kappa shape index (κ1) is 16.6. The van der Waals surface area contributed by atoms with E-state index in [1.807, 2.05) is 54.6 Å². The van der Waals surface area contributed by atoms with Crippen molar-refractivity contribution in [2.24, 2.45) is 0 Å². The molecule has 3 N–H and O–H groups in total. The molecule has 0 spiro atoms. The molecule has 1 unspecified atom stereocenters. The van der Waals surface area contributed by atoms with Crippen molar-refractivity contribution < 1.29 is 14.6 Å². The van der Waals surface area contributed by atoms with E-state index >= 15 is 0 Å². The van der Waals surface area contributed by atoms with Crippen LogP contribution in [-0.2, 0) is 11.2 Å². The zero-order chi connectivity index (χ0) is 17.6. The third-order valence-corrected chi connectivity index (χ3v) is 3.95. The Labute approximate surface area is 146 Å². The highest BCUT2D eigenvalue weighted by Gasteiger charge is 2.20. The molecule has 0 aromatic heterocycles. The smallest absolute Gasteiger partial charge is 0.311 e. The van der Waals surface area contributed by atoms with Crippen LogP contribution >= 0.6 is 0 Å². The average molecular weight is 333 g/mol. The van der Waals surface area contributed by atoms with Crippen LogP contribution in [0.5, 0.6) is 11.5 Å². The van der Waals surface area contributed by atoms with Gasteiger partial charge in [-0.2, -0.15) is 0 Å². The lowest BCUT2D eigenvalue weighted by molar-refractivity contribution is -0.138. The van der Waals surface area contributed by atoms with Crippen LogP contribution in [0.3, 0.4) is 0 Å². The van der Waals surface area contributed by atoms with Crippen molar-refractivity contribution in [1.82, 2.24) is 0 Å². The van der Waals surface area contributed by atoms with Crippen LogP contribution in [-0.4, -0.2) is 11.1 Å². The summed E-state index contributed by atoms with van der Waals surface area (Å²) >= 11 is 0. The lowest BCUT2D eigenvalue weighted by Crippen LogP contribution is -2.14. The van der Waals surface area contributed by atoms with E-state index < -0.39 is 11.9 Å². The van der Waals surface area contributed by atoms with Gasteiger partial charge in [-0.3, -0.25) is 4.79 Å². The van der Waals surface area contributed by atoms with Crippen LogP contribution < -0.4 is 10.5 Å². The second kappa shape index (κ2) is 7.53.